The molecule has 2 aliphatic rings. The lowest BCUT2D eigenvalue weighted by Crippen LogP contribution is -2.50. The van der Waals surface area contributed by atoms with Gasteiger partial charge in [0.2, 0.25) is 11.8 Å². The fourth-order valence-electron chi connectivity index (χ4n) is 4.51. The monoisotopic (exact) mass is 416 g/mol. The largest absolute Gasteiger partial charge is 0.340 e. The Morgan fingerprint density at radius 1 is 1.06 bits per heavy atom. The van der Waals surface area contributed by atoms with Gasteiger partial charge in [-0.05, 0) is 30.2 Å². The minimum Gasteiger partial charge on any atom is -0.340 e. The molecule has 2 aromatic carbocycles. The Balaban J connectivity index is 1.29. The second-order valence-electron chi connectivity index (χ2n) is 8.44. The smallest absolute Gasteiger partial charge is 0.228 e. The van der Waals surface area contributed by atoms with Gasteiger partial charge in [0.05, 0.1) is 23.6 Å². The van der Waals surface area contributed by atoms with E-state index in [1.54, 1.807) is 0 Å². The van der Waals surface area contributed by atoms with E-state index in [1.807, 2.05) is 71.3 Å². The summed E-state index contributed by atoms with van der Waals surface area (Å²) in [5.41, 5.74) is 2.94. The SMILES string of the molecule is CC(c1ccccc1)N1CC(C(=O)N2CCN(Cc3ccc(C#N)cc3)CC2)CC1=O. The second kappa shape index (κ2) is 9.32. The normalized spacial score (nSPS) is 20.5. The van der Waals surface area contributed by atoms with Crippen LogP contribution in [0.4, 0.5) is 0 Å². The average molecular weight is 417 g/mol. The van der Waals surface area contributed by atoms with Crippen LogP contribution in [-0.4, -0.2) is 59.2 Å². The van der Waals surface area contributed by atoms with E-state index in [1.165, 1.54) is 5.56 Å². The van der Waals surface area contributed by atoms with Crippen LogP contribution >= 0.6 is 0 Å². The molecule has 0 saturated carbocycles. The zero-order valence-corrected chi connectivity index (χ0v) is 17.9. The van der Waals surface area contributed by atoms with Gasteiger partial charge in [0.15, 0.2) is 0 Å². The van der Waals surface area contributed by atoms with Gasteiger partial charge in [0.25, 0.3) is 0 Å². The van der Waals surface area contributed by atoms with Crippen molar-refractivity contribution in [2.75, 3.05) is 32.7 Å². The summed E-state index contributed by atoms with van der Waals surface area (Å²) >= 11 is 0. The standard InChI is InChI=1S/C25H28N4O2/c1-19(22-5-3-2-4-6-22)29-18-23(15-24(29)30)25(31)28-13-11-27(12-14-28)17-21-9-7-20(16-26)8-10-21/h2-10,19,23H,11-15,17-18H2,1H3. The molecule has 2 saturated heterocycles. The van der Waals surface area contributed by atoms with Crippen LogP contribution in [0.25, 0.3) is 0 Å². The molecule has 2 unspecified atom stereocenters. The summed E-state index contributed by atoms with van der Waals surface area (Å²) in [4.78, 5) is 31.8. The maximum absolute atomic E-state index is 13.1. The summed E-state index contributed by atoms with van der Waals surface area (Å²) < 4.78 is 0. The van der Waals surface area contributed by atoms with Crippen LogP contribution in [0.5, 0.6) is 0 Å². The highest BCUT2D eigenvalue weighted by atomic mass is 16.2. The number of carbonyl (C=O) groups excluding carboxylic acids is 2. The third kappa shape index (κ3) is 4.78. The number of carbonyl (C=O) groups is 2. The molecule has 0 bridgehead atoms. The van der Waals surface area contributed by atoms with Crippen molar-refractivity contribution in [1.29, 1.82) is 5.26 Å². The number of likely N-dealkylation sites (tertiary alicyclic amines) is 1. The molecule has 0 radical (unpaired) electrons. The molecule has 0 aromatic heterocycles. The van der Waals surface area contributed by atoms with E-state index in [2.05, 4.69) is 11.0 Å². The van der Waals surface area contributed by atoms with Gasteiger partial charge in [-0.2, -0.15) is 5.26 Å². The van der Waals surface area contributed by atoms with Gasteiger partial charge in [-0.3, -0.25) is 14.5 Å². The van der Waals surface area contributed by atoms with E-state index in [4.69, 9.17) is 5.26 Å². The van der Waals surface area contributed by atoms with E-state index in [-0.39, 0.29) is 23.8 Å². The van der Waals surface area contributed by atoms with Crippen molar-refractivity contribution < 1.29 is 9.59 Å². The van der Waals surface area contributed by atoms with E-state index in [0.29, 0.717) is 31.6 Å². The molecule has 6 nitrogen and oxygen atoms in total. The van der Waals surface area contributed by atoms with Crippen molar-refractivity contribution in [2.24, 2.45) is 5.92 Å². The molecule has 2 aliphatic heterocycles. The lowest BCUT2D eigenvalue weighted by Gasteiger charge is -2.36. The minimum absolute atomic E-state index is 0.0178. The van der Waals surface area contributed by atoms with Crippen molar-refractivity contribution in [3.05, 3.63) is 71.3 Å². The summed E-state index contributed by atoms with van der Waals surface area (Å²) in [6.07, 6.45) is 0.307. The van der Waals surface area contributed by atoms with Gasteiger partial charge >= 0.3 is 0 Å². The van der Waals surface area contributed by atoms with E-state index in [0.717, 1.165) is 25.2 Å². The average Bonchev–Trinajstić information content (AvgIpc) is 3.21. The second-order valence-corrected chi connectivity index (χ2v) is 8.44. The molecule has 2 fully saturated rings. The minimum atomic E-state index is -0.247. The first-order valence-corrected chi connectivity index (χ1v) is 10.9. The van der Waals surface area contributed by atoms with Gasteiger partial charge in [-0.15, -0.1) is 0 Å². The molecular weight excluding hydrogens is 388 g/mol. The molecular formula is C25H28N4O2. The number of piperazine rings is 1. The Hall–Kier alpha value is -3.17. The maximum atomic E-state index is 13.1. The third-order valence-corrected chi connectivity index (χ3v) is 6.43. The van der Waals surface area contributed by atoms with Crippen LogP contribution < -0.4 is 0 Å². The molecule has 2 heterocycles. The highest BCUT2D eigenvalue weighted by Crippen LogP contribution is 2.29. The summed E-state index contributed by atoms with van der Waals surface area (Å²) in [7, 11) is 0. The van der Waals surface area contributed by atoms with Gasteiger partial charge in [-0.1, -0.05) is 42.5 Å². The van der Waals surface area contributed by atoms with Crippen LogP contribution in [-0.2, 0) is 16.1 Å². The van der Waals surface area contributed by atoms with Gasteiger partial charge < -0.3 is 9.80 Å². The van der Waals surface area contributed by atoms with Gasteiger partial charge in [0.1, 0.15) is 0 Å². The van der Waals surface area contributed by atoms with Crippen molar-refractivity contribution in [3.8, 4) is 6.07 Å². The molecule has 2 amide bonds. The first-order chi connectivity index (χ1) is 15.0. The highest BCUT2D eigenvalue weighted by Gasteiger charge is 2.39. The molecule has 4 rings (SSSR count). The number of hydrogen-bond acceptors (Lipinski definition) is 4. The van der Waals surface area contributed by atoms with Crippen LogP contribution in [0.1, 0.15) is 36.1 Å². The molecule has 2 aromatic rings. The number of rotatable bonds is 5. The Morgan fingerprint density at radius 2 is 1.74 bits per heavy atom. The first kappa shape index (κ1) is 21.1. The quantitative estimate of drug-likeness (QED) is 0.752. The van der Waals surface area contributed by atoms with Crippen molar-refractivity contribution in [2.45, 2.75) is 25.9 Å². The Bertz CT molecular complexity index is 959. The zero-order chi connectivity index (χ0) is 21.8. The molecule has 6 heteroatoms. The van der Waals surface area contributed by atoms with Crippen LogP contribution in [0.15, 0.2) is 54.6 Å². The first-order valence-electron chi connectivity index (χ1n) is 10.9. The van der Waals surface area contributed by atoms with Crippen LogP contribution in [0.2, 0.25) is 0 Å². The summed E-state index contributed by atoms with van der Waals surface area (Å²) in [6, 6.07) is 19.8. The molecule has 160 valence electrons. The van der Waals surface area contributed by atoms with Crippen molar-refractivity contribution in [3.63, 3.8) is 0 Å². The maximum Gasteiger partial charge on any atom is 0.228 e. The number of amides is 2. The highest BCUT2D eigenvalue weighted by molar-refractivity contribution is 5.89. The Kier molecular flexibility index (Phi) is 6.34. The van der Waals surface area contributed by atoms with E-state index >= 15 is 0 Å². The predicted molar refractivity (Wildman–Crippen MR) is 118 cm³/mol. The molecule has 0 N–H and O–H groups in total. The lowest BCUT2D eigenvalue weighted by molar-refractivity contribution is -0.137. The molecule has 0 spiro atoms. The molecule has 2 atom stereocenters. The number of benzene rings is 2. The van der Waals surface area contributed by atoms with Gasteiger partial charge in [-0.25, -0.2) is 0 Å². The predicted octanol–water partition coefficient (Wildman–Crippen LogP) is 2.81. The van der Waals surface area contributed by atoms with Crippen molar-refractivity contribution >= 4 is 11.8 Å². The number of hydrogen-bond donors (Lipinski definition) is 0. The number of nitriles is 1. The van der Waals surface area contributed by atoms with Crippen molar-refractivity contribution in [1.82, 2.24) is 14.7 Å². The Morgan fingerprint density at radius 3 is 2.39 bits per heavy atom. The summed E-state index contributed by atoms with van der Waals surface area (Å²) in [6.45, 7) is 6.36. The topological polar surface area (TPSA) is 67.7 Å². The summed E-state index contributed by atoms with van der Waals surface area (Å²) in [5.74, 6) is -0.0768. The van der Waals surface area contributed by atoms with E-state index < -0.39 is 0 Å². The lowest BCUT2D eigenvalue weighted by atomic mass is 10.1. The zero-order valence-electron chi connectivity index (χ0n) is 17.9. The summed E-state index contributed by atoms with van der Waals surface area (Å²) in [5, 5.41) is 8.92. The van der Waals surface area contributed by atoms with E-state index in [9.17, 15) is 9.59 Å². The molecule has 31 heavy (non-hydrogen) atoms. The fraction of sp³-hybridized carbons (Fsp3) is 0.400. The van der Waals surface area contributed by atoms with Crippen LogP contribution in [0, 0.1) is 17.2 Å². The third-order valence-electron chi connectivity index (χ3n) is 6.43. The van der Waals surface area contributed by atoms with Gasteiger partial charge in [0, 0.05) is 45.7 Å². The van der Waals surface area contributed by atoms with Crippen LogP contribution in [0.3, 0.4) is 0 Å². The molecule has 0 aliphatic carbocycles. The fourth-order valence-corrected chi connectivity index (χ4v) is 4.51. The number of nitrogens with zero attached hydrogens (tertiary/aromatic N) is 4. The Labute approximate surface area is 183 Å².